The molecule has 1 spiro atoms. The highest BCUT2D eigenvalue weighted by molar-refractivity contribution is 5.98. The summed E-state index contributed by atoms with van der Waals surface area (Å²) in [5.74, 6) is -1.35. The van der Waals surface area contributed by atoms with E-state index in [1.807, 2.05) is 0 Å². The van der Waals surface area contributed by atoms with Gasteiger partial charge in [0.15, 0.2) is 0 Å². The molecule has 1 heterocycles. The van der Waals surface area contributed by atoms with E-state index in [1.54, 1.807) is 12.1 Å². The minimum atomic E-state index is -4.51. The molecule has 2 aliphatic rings. The van der Waals surface area contributed by atoms with E-state index in [9.17, 15) is 27.2 Å². The van der Waals surface area contributed by atoms with E-state index in [4.69, 9.17) is 4.74 Å². The normalized spacial score (nSPS) is 20.1. The predicted molar refractivity (Wildman–Crippen MR) is 111 cm³/mol. The maximum atomic E-state index is 13.5. The van der Waals surface area contributed by atoms with Gasteiger partial charge in [0.25, 0.3) is 5.91 Å². The third-order valence-corrected chi connectivity index (χ3v) is 6.26. The highest BCUT2D eigenvalue weighted by atomic mass is 19.4. The van der Waals surface area contributed by atoms with E-state index < -0.39 is 35.3 Å². The molecule has 176 valence electrons. The van der Waals surface area contributed by atoms with Crippen molar-refractivity contribution in [1.29, 1.82) is 0 Å². The molecule has 4 rings (SSSR count). The maximum absolute atomic E-state index is 13.5. The Kier molecular flexibility index (Phi) is 6.43. The average molecular weight is 464 g/mol. The largest absolute Gasteiger partial charge is 0.416 e. The minimum Gasteiger partial charge on any atom is -0.353 e. The molecule has 1 atom stereocenters. The van der Waals surface area contributed by atoms with E-state index in [0.29, 0.717) is 18.4 Å². The summed E-state index contributed by atoms with van der Waals surface area (Å²) in [6.45, 7) is 0.145. The Bertz CT molecular complexity index is 1000. The Morgan fingerprint density at radius 1 is 1.00 bits per heavy atom. The number of rotatable bonds is 4. The molecule has 2 aromatic carbocycles. The topological polar surface area (TPSA) is 58.6 Å². The van der Waals surface area contributed by atoms with Crippen molar-refractivity contribution in [2.45, 2.75) is 56.6 Å². The van der Waals surface area contributed by atoms with Crippen molar-refractivity contribution in [3.05, 3.63) is 71.0 Å². The quantitative estimate of drug-likeness (QED) is 0.670. The lowest BCUT2D eigenvalue weighted by atomic mass is 9.89. The van der Waals surface area contributed by atoms with Crippen molar-refractivity contribution in [1.82, 2.24) is 10.2 Å². The summed E-state index contributed by atoms with van der Waals surface area (Å²) >= 11 is 0. The number of nitrogens with one attached hydrogen (secondary N) is 1. The molecule has 0 bridgehead atoms. The second-order valence-corrected chi connectivity index (χ2v) is 8.43. The lowest BCUT2D eigenvalue weighted by molar-refractivity contribution is -0.137. The fourth-order valence-electron chi connectivity index (χ4n) is 4.52. The summed E-state index contributed by atoms with van der Waals surface area (Å²) in [5.41, 5.74) is -1.04. The first-order chi connectivity index (χ1) is 15.7. The van der Waals surface area contributed by atoms with Gasteiger partial charge in [-0.1, -0.05) is 18.6 Å². The van der Waals surface area contributed by atoms with Crippen molar-refractivity contribution < 1.29 is 31.9 Å². The molecule has 0 radical (unpaired) electrons. The molecule has 5 nitrogen and oxygen atoms in total. The van der Waals surface area contributed by atoms with Gasteiger partial charge in [0.2, 0.25) is 5.91 Å². The first-order valence-corrected chi connectivity index (χ1v) is 10.9. The number of amides is 2. The molecule has 33 heavy (non-hydrogen) atoms. The van der Waals surface area contributed by atoms with Gasteiger partial charge in [-0.2, -0.15) is 13.2 Å². The van der Waals surface area contributed by atoms with E-state index in [1.165, 1.54) is 17.0 Å². The zero-order valence-electron chi connectivity index (χ0n) is 17.8. The molecule has 1 aliphatic carbocycles. The van der Waals surface area contributed by atoms with Crippen LogP contribution in [0.1, 0.15) is 53.6 Å². The Morgan fingerprint density at radius 2 is 1.64 bits per heavy atom. The van der Waals surface area contributed by atoms with Crippen molar-refractivity contribution in [2.75, 3.05) is 6.61 Å². The van der Waals surface area contributed by atoms with Crippen LogP contribution < -0.4 is 5.32 Å². The highest BCUT2D eigenvalue weighted by Gasteiger charge is 2.53. The summed E-state index contributed by atoms with van der Waals surface area (Å²) < 4.78 is 57.9. The lowest BCUT2D eigenvalue weighted by Crippen LogP contribution is -2.56. The summed E-state index contributed by atoms with van der Waals surface area (Å²) in [6.07, 6.45) is -0.774. The molecule has 1 saturated heterocycles. The highest BCUT2D eigenvalue weighted by Crippen LogP contribution is 2.41. The summed E-state index contributed by atoms with van der Waals surface area (Å²) in [6, 6.07) is 8.75. The first kappa shape index (κ1) is 23.2. The van der Waals surface area contributed by atoms with Crippen molar-refractivity contribution >= 4 is 11.8 Å². The van der Waals surface area contributed by atoms with Crippen molar-refractivity contribution in [3.63, 3.8) is 0 Å². The third-order valence-electron chi connectivity index (χ3n) is 6.26. The number of hydrogen-bond acceptors (Lipinski definition) is 3. The number of benzene rings is 2. The fraction of sp³-hybridized carbons (Fsp3) is 0.417. The van der Waals surface area contributed by atoms with Crippen LogP contribution in [0.2, 0.25) is 0 Å². The fourth-order valence-corrected chi connectivity index (χ4v) is 4.52. The van der Waals surface area contributed by atoms with Gasteiger partial charge in [-0.05, 0) is 67.6 Å². The molecule has 1 saturated carbocycles. The smallest absolute Gasteiger partial charge is 0.353 e. The Morgan fingerprint density at radius 3 is 2.24 bits per heavy atom. The molecule has 2 fully saturated rings. The third kappa shape index (κ3) is 4.88. The second kappa shape index (κ2) is 9.13. The molecule has 2 amide bonds. The summed E-state index contributed by atoms with van der Waals surface area (Å²) in [5, 5.41) is 2.76. The molecular formula is C24H24F4N2O3. The Balaban J connectivity index is 1.56. The Hall–Kier alpha value is -2.94. The maximum Gasteiger partial charge on any atom is 0.416 e. The van der Waals surface area contributed by atoms with E-state index in [0.717, 1.165) is 43.5 Å². The van der Waals surface area contributed by atoms with Crippen molar-refractivity contribution in [3.8, 4) is 0 Å². The van der Waals surface area contributed by atoms with Crippen LogP contribution in [0, 0.1) is 5.82 Å². The van der Waals surface area contributed by atoms with Crippen LogP contribution in [0.25, 0.3) is 0 Å². The zero-order valence-corrected chi connectivity index (χ0v) is 17.8. The van der Waals surface area contributed by atoms with Crippen LogP contribution >= 0.6 is 0 Å². The summed E-state index contributed by atoms with van der Waals surface area (Å²) in [7, 11) is 0. The van der Waals surface area contributed by atoms with Gasteiger partial charge in [0, 0.05) is 12.1 Å². The number of hydrogen-bond donors (Lipinski definition) is 1. The zero-order chi connectivity index (χ0) is 23.6. The second-order valence-electron chi connectivity index (χ2n) is 8.43. The number of alkyl halides is 3. The predicted octanol–water partition coefficient (Wildman–Crippen LogP) is 4.66. The molecule has 9 heteroatoms. The van der Waals surface area contributed by atoms with Gasteiger partial charge >= 0.3 is 6.18 Å². The number of nitrogens with zero attached hydrogens (tertiary/aromatic N) is 1. The number of carbonyl (C=O) groups is 2. The summed E-state index contributed by atoms with van der Waals surface area (Å²) in [4.78, 5) is 27.9. The Labute approximate surface area is 188 Å². The lowest BCUT2D eigenvalue weighted by Gasteiger charge is -2.41. The number of halogens is 4. The minimum absolute atomic E-state index is 0.00161. The van der Waals surface area contributed by atoms with Gasteiger partial charge in [0.05, 0.1) is 12.2 Å². The molecular weight excluding hydrogens is 440 g/mol. The van der Waals surface area contributed by atoms with Crippen LogP contribution in [-0.2, 0) is 22.3 Å². The number of carbonyl (C=O) groups excluding carboxylic acids is 2. The van der Waals surface area contributed by atoms with E-state index >= 15 is 0 Å². The molecule has 2 aromatic rings. The standard InChI is InChI=1S/C24H24F4N2O3/c25-19-10-4-16(5-11-19)14-29-21(31)20-15-33-23(12-2-1-3-13-23)30(20)22(32)17-6-8-18(9-7-17)24(26,27)28/h4-11,20H,1-3,12-15H2,(H,29,31). The SMILES string of the molecule is O=C(NCc1ccc(F)cc1)C1COC2(CCCCC2)N1C(=O)c1ccc(C(F)(F)F)cc1. The molecule has 1 aliphatic heterocycles. The average Bonchev–Trinajstić information content (AvgIpc) is 3.16. The molecule has 1 N–H and O–H groups in total. The van der Waals surface area contributed by atoms with Crippen LogP contribution in [0.5, 0.6) is 0 Å². The molecule has 1 unspecified atom stereocenters. The first-order valence-electron chi connectivity index (χ1n) is 10.9. The van der Waals surface area contributed by atoms with Crippen LogP contribution in [0.15, 0.2) is 48.5 Å². The van der Waals surface area contributed by atoms with Gasteiger partial charge < -0.3 is 10.1 Å². The van der Waals surface area contributed by atoms with Crippen LogP contribution in [-0.4, -0.2) is 35.1 Å². The van der Waals surface area contributed by atoms with Gasteiger partial charge in [-0.25, -0.2) is 4.39 Å². The number of ether oxygens (including phenoxy) is 1. The van der Waals surface area contributed by atoms with Crippen LogP contribution in [0.4, 0.5) is 17.6 Å². The van der Waals surface area contributed by atoms with E-state index in [-0.39, 0.29) is 24.5 Å². The molecule has 0 aromatic heterocycles. The van der Waals surface area contributed by atoms with Gasteiger partial charge in [-0.3, -0.25) is 14.5 Å². The monoisotopic (exact) mass is 464 g/mol. The van der Waals surface area contributed by atoms with Gasteiger partial charge in [0.1, 0.15) is 17.6 Å². The van der Waals surface area contributed by atoms with Crippen LogP contribution in [0.3, 0.4) is 0 Å². The van der Waals surface area contributed by atoms with Gasteiger partial charge in [-0.15, -0.1) is 0 Å². The van der Waals surface area contributed by atoms with Crippen molar-refractivity contribution in [2.24, 2.45) is 0 Å². The van der Waals surface area contributed by atoms with E-state index in [2.05, 4.69) is 5.32 Å².